The minimum Gasteiger partial charge on any atom is -0.345 e. The fourth-order valence-electron chi connectivity index (χ4n) is 0.469. The van der Waals surface area contributed by atoms with Crippen molar-refractivity contribution in [2.75, 3.05) is 6.61 Å². The molecule has 0 bridgehead atoms. The van der Waals surface area contributed by atoms with Crippen molar-refractivity contribution in [1.29, 1.82) is 0 Å². The average Bonchev–Trinajstić information content (AvgIpc) is 2.12. The van der Waals surface area contributed by atoms with E-state index in [2.05, 4.69) is 9.73 Å². The van der Waals surface area contributed by atoms with Crippen molar-refractivity contribution in [1.82, 2.24) is 0 Å². The first-order valence-electron chi connectivity index (χ1n) is 2.22. The van der Waals surface area contributed by atoms with Crippen LogP contribution in [0.25, 0.3) is 0 Å². The molecule has 2 nitrogen and oxygen atoms in total. The van der Waals surface area contributed by atoms with Crippen LogP contribution in [0, 0.1) is 0 Å². The van der Waals surface area contributed by atoms with Gasteiger partial charge in [-0.05, 0) is 0 Å². The Labute approximate surface area is 45.2 Å². The molecule has 46 valence electrons. The highest BCUT2D eigenvalue weighted by molar-refractivity contribution is 5.60. The third-order valence-electron chi connectivity index (χ3n) is 0.809. The van der Waals surface area contributed by atoms with Gasteiger partial charge in [0.25, 0.3) is 6.43 Å². The van der Waals surface area contributed by atoms with Gasteiger partial charge in [0, 0.05) is 6.21 Å². The van der Waals surface area contributed by atoms with Crippen LogP contribution in [-0.2, 0) is 4.74 Å². The first-order valence-corrected chi connectivity index (χ1v) is 2.22. The predicted molar refractivity (Wildman–Crippen MR) is 24.2 cm³/mol. The molecule has 1 rings (SSSR count). The zero-order chi connectivity index (χ0) is 5.98. The van der Waals surface area contributed by atoms with E-state index >= 15 is 0 Å². The van der Waals surface area contributed by atoms with Gasteiger partial charge in [-0.3, -0.25) is 4.99 Å². The summed E-state index contributed by atoms with van der Waals surface area (Å²) in [5, 5.41) is 0. The Balaban J connectivity index is 2.36. The molecule has 1 aliphatic heterocycles. The molecule has 0 aromatic rings. The molecule has 0 amide bonds. The SMILES string of the molecule is FC(F)C1N=CCO1. The lowest BCUT2D eigenvalue weighted by atomic mass is 10.6. The highest BCUT2D eigenvalue weighted by atomic mass is 19.3. The molecule has 0 N–H and O–H groups in total. The maximum atomic E-state index is 11.5. The molecule has 1 aliphatic rings. The van der Waals surface area contributed by atoms with Crippen LogP contribution in [-0.4, -0.2) is 25.5 Å². The molecular formula is C4H5F2NO. The Morgan fingerprint density at radius 3 is 2.75 bits per heavy atom. The normalized spacial score (nSPS) is 27.6. The number of alkyl halides is 2. The summed E-state index contributed by atoms with van der Waals surface area (Å²) < 4.78 is 27.4. The van der Waals surface area contributed by atoms with Gasteiger partial charge in [-0.15, -0.1) is 0 Å². The van der Waals surface area contributed by atoms with E-state index in [-0.39, 0.29) is 6.61 Å². The van der Waals surface area contributed by atoms with Crippen molar-refractivity contribution >= 4 is 6.21 Å². The minimum absolute atomic E-state index is 0.217. The van der Waals surface area contributed by atoms with Crippen LogP contribution >= 0.6 is 0 Å². The quantitative estimate of drug-likeness (QED) is 0.499. The number of aliphatic imine (C=N–C) groups is 1. The van der Waals surface area contributed by atoms with Gasteiger partial charge >= 0.3 is 0 Å². The van der Waals surface area contributed by atoms with Crippen LogP contribution in [0.5, 0.6) is 0 Å². The van der Waals surface area contributed by atoms with Crippen molar-refractivity contribution in [3.05, 3.63) is 0 Å². The summed E-state index contributed by atoms with van der Waals surface area (Å²) >= 11 is 0. The Bertz CT molecular complexity index is 104. The van der Waals surface area contributed by atoms with Crippen LogP contribution in [0.1, 0.15) is 0 Å². The third kappa shape index (κ3) is 1.01. The standard InChI is InChI=1S/C4H5F2NO/c5-3(6)4-7-1-2-8-4/h1,3-4H,2H2. The molecule has 8 heavy (non-hydrogen) atoms. The Morgan fingerprint density at radius 2 is 2.50 bits per heavy atom. The van der Waals surface area contributed by atoms with E-state index in [0.717, 1.165) is 0 Å². The summed E-state index contributed by atoms with van der Waals surface area (Å²) in [6.45, 7) is 0.217. The third-order valence-corrected chi connectivity index (χ3v) is 0.809. The lowest BCUT2D eigenvalue weighted by Crippen LogP contribution is -2.14. The second-order valence-corrected chi connectivity index (χ2v) is 1.39. The fourth-order valence-corrected chi connectivity index (χ4v) is 0.469. The highest BCUT2D eigenvalue weighted by Gasteiger charge is 2.21. The molecule has 0 aromatic carbocycles. The van der Waals surface area contributed by atoms with Gasteiger partial charge in [0.05, 0.1) is 6.61 Å². The van der Waals surface area contributed by atoms with E-state index in [4.69, 9.17) is 0 Å². The van der Waals surface area contributed by atoms with E-state index in [1.54, 1.807) is 0 Å². The summed E-state index contributed by atoms with van der Waals surface area (Å²) in [6, 6.07) is 0. The molecule has 0 spiro atoms. The van der Waals surface area contributed by atoms with E-state index < -0.39 is 12.7 Å². The zero-order valence-corrected chi connectivity index (χ0v) is 4.05. The van der Waals surface area contributed by atoms with Crippen molar-refractivity contribution in [2.45, 2.75) is 12.7 Å². The van der Waals surface area contributed by atoms with Gasteiger partial charge < -0.3 is 4.74 Å². The Morgan fingerprint density at radius 1 is 1.75 bits per heavy atom. The molecule has 4 heteroatoms. The van der Waals surface area contributed by atoms with Gasteiger partial charge in [-0.2, -0.15) is 0 Å². The number of halogens is 2. The van der Waals surface area contributed by atoms with E-state index in [1.165, 1.54) is 6.21 Å². The number of hydrogen-bond acceptors (Lipinski definition) is 2. The van der Waals surface area contributed by atoms with Crippen LogP contribution < -0.4 is 0 Å². The van der Waals surface area contributed by atoms with Gasteiger partial charge in [0.1, 0.15) is 0 Å². The highest BCUT2D eigenvalue weighted by Crippen LogP contribution is 2.09. The second kappa shape index (κ2) is 2.17. The Kier molecular flexibility index (Phi) is 1.53. The van der Waals surface area contributed by atoms with Crippen molar-refractivity contribution in [3.63, 3.8) is 0 Å². The van der Waals surface area contributed by atoms with Crippen LogP contribution in [0.4, 0.5) is 8.78 Å². The van der Waals surface area contributed by atoms with Gasteiger partial charge in [-0.25, -0.2) is 8.78 Å². The molecule has 1 atom stereocenters. The molecule has 0 saturated heterocycles. The summed E-state index contributed by atoms with van der Waals surface area (Å²) in [5.41, 5.74) is 0. The van der Waals surface area contributed by atoms with Crippen LogP contribution in [0.15, 0.2) is 4.99 Å². The topological polar surface area (TPSA) is 21.6 Å². The van der Waals surface area contributed by atoms with Gasteiger partial charge in [0.15, 0.2) is 0 Å². The monoisotopic (exact) mass is 121 g/mol. The zero-order valence-electron chi connectivity index (χ0n) is 4.05. The number of rotatable bonds is 1. The van der Waals surface area contributed by atoms with E-state index in [0.29, 0.717) is 0 Å². The molecule has 1 unspecified atom stereocenters. The van der Waals surface area contributed by atoms with Crippen molar-refractivity contribution in [2.24, 2.45) is 4.99 Å². The summed E-state index contributed by atoms with van der Waals surface area (Å²) in [6.07, 6.45) is -2.33. The first-order chi connectivity index (χ1) is 3.80. The van der Waals surface area contributed by atoms with Gasteiger partial charge in [-0.1, -0.05) is 0 Å². The summed E-state index contributed by atoms with van der Waals surface area (Å²) in [4.78, 5) is 3.34. The molecule has 0 radical (unpaired) electrons. The molecule has 1 heterocycles. The summed E-state index contributed by atoms with van der Waals surface area (Å²) in [7, 11) is 0. The maximum absolute atomic E-state index is 11.5. The molecule has 0 fully saturated rings. The van der Waals surface area contributed by atoms with Crippen LogP contribution in [0.2, 0.25) is 0 Å². The van der Waals surface area contributed by atoms with E-state index in [9.17, 15) is 8.78 Å². The van der Waals surface area contributed by atoms with E-state index in [1.807, 2.05) is 0 Å². The average molecular weight is 121 g/mol. The maximum Gasteiger partial charge on any atom is 0.284 e. The first kappa shape index (κ1) is 5.62. The minimum atomic E-state index is -2.48. The van der Waals surface area contributed by atoms with Gasteiger partial charge in [0.2, 0.25) is 6.23 Å². The largest absolute Gasteiger partial charge is 0.345 e. The second-order valence-electron chi connectivity index (χ2n) is 1.39. The number of nitrogens with zero attached hydrogens (tertiary/aromatic N) is 1. The molecule has 0 aliphatic carbocycles. The molecule has 0 saturated carbocycles. The summed E-state index contributed by atoms with van der Waals surface area (Å²) in [5.74, 6) is 0. The van der Waals surface area contributed by atoms with Crippen molar-refractivity contribution < 1.29 is 13.5 Å². The lowest BCUT2D eigenvalue weighted by molar-refractivity contribution is -0.0246. The smallest absolute Gasteiger partial charge is 0.284 e. The number of hydrogen-bond donors (Lipinski definition) is 0. The number of ether oxygens (including phenoxy) is 1. The molecular weight excluding hydrogens is 116 g/mol. The van der Waals surface area contributed by atoms with Crippen LogP contribution in [0.3, 0.4) is 0 Å². The Hall–Kier alpha value is -0.510. The lowest BCUT2D eigenvalue weighted by Gasteiger charge is -2.02. The molecule has 0 aromatic heterocycles. The predicted octanol–water partition coefficient (Wildman–Crippen LogP) is 0.679. The fraction of sp³-hybridized carbons (Fsp3) is 0.750. The van der Waals surface area contributed by atoms with Crippen molar-refractivity contribution in [3.8, 4) is 0 Å².